The number of halogens is 2. The zero-order chi connectivity index (χ0) is 21.8. The average Bonchev–Trinajstić information content (AvgIpc) is 3.39. The van der Waals surface area contributed by atoms with E-state index in [9.17, 15) is 13.6 Å². The molecule has 1 aromatic heterocycles. The number of amides is 2. The minimum atomic E-state index is -0.683. The molecule has 0 aliphatic carbocycles. The third kappa shape index (κ3) is 4.66. The summed E-state index contributed by atoms with van der Waals surface area (Å²) < 4.78 is 29.2. The number of urea groups is 1. The number of hydrogen-bond acceptors (Lipinski definition) is 4. The van der Waals surface area contributed by atoms with Gasteiger partial charge in [0.25, 0.3) is 0 Å². The Labute approximate surface area is 178 Å². The first-order valence-electron chi connectivity index (χ1n) is 10.2. The smallest absolute Gasteiger partial charge is 0.319 e. The van der Waals surface area contributed by atoms with E-state index in [1.165, 1.54) is 12.8 Å². The van der Waals surface area contributed by atoms with Gasteiger partial charge in [0.2, 0.25) is 0 Å². The minimum absolute atomic E-state index is 0.00181. The van der Waals surface area contributed by atoms with Crippen molar-refractivity contribution in [2.45, 2.75) is 12.8 Å². The highest BCUT2D eigenvalue weighted by atomic mass is 19.1. The summed E-state index contributed by atoms with van der Waals surface area (Å²) in [4.78, 5) is 14.8. The first kappa shape index (κ1) is 20.8. The second kappa shape index (κ2) is 9.13. The van der Waals surface area contributed by atoms with Crippen LogP contribution in [0.15, 0.2) is 48.5 Å². The van der Waals surface area contributed by atoms with E-state index in [4.69, 9.17) is 5.73 Å². The molecule has 0 atom stereocenters. The van der Waals surface area contributed by atoms with Crippen LogP contribution in [0.4, 0.5) is 25.1 Å². The molecule has 0 unspecified atom stereocenters. The number of rotatable bonds is 6. The highest BCUT2D eigenvalue weighted by molar-refractivity contribution is 5.97. The number of benzene rings is 2. The van der Waals surface area contributed by atoms with Crippen LogP contribution >= 0.6 is 0 Å². The van der Waals surface area contributed by atoms with Gasteiger partial charge in [-0.15, -0.1) is 0 Å². The number of nitrogen functional groups attached to an aromatic ring is 1. The zero-order valence-electron chi connectivity index (χ0n) is 16.9. The molecular formula is C22H24F2N6O. The summed E-state index contributed by atoms with van der Waals surface area (Å²) in [7, 11) is 0. The Morgan fingerprint density at radius 3 is 2.58 bits per heavy atom. The van der Waals surface area contributed by atoms with Gasteiger partial charge in [-0.25, -0.2) is 18.3 Å². The fourth-order valence-corrected chi connectivity index (χ4v) is 3.68. The van der Waals surface area contributed by atoms with Gasteiger partial charge >= 0.3 is 6.03 Å². The van der Waals surface area contributed by atoms with Crippen LogP contribution in [0.25, 0.3) is 16.9 Å². The largest absolute Gasteiger partial charge is 0.382 e. The summed E-state index contributed by atoms with van der Waals surface area (Å²) in [5.41, 5.74) is 7.35. The minimum Gasteiger partial charge on any atom is -0.382 e. The number of anilines is 2. The molecule has 0 spiro atoms. The number of aromatic nitrogens is 2. The van der Waals surface area contributed by atoms with Gasteiger partial charge in [-0.2, -0.15) is 5.10 Å². The third-order valence-electron chi connectivity index (χ3n) is 5.26. The van der Waals surface area contributed by atoms with Crippen LogP contribution < -0.4 is 16.4 Å². The molecular weight excluding hydrogens is 402 g/mol. The molecule has 1 saturated heterocycles. The van der Waals surface area contributed by atoms with E-state index in [2.05, 4.69) is 20.6 Å². The zero-order valence-corrected chi connectivity index (χ0v) is 16.9. The Balaban J connectivity index is 1.61. The maximum Gasteiger partial charge on any atom is 0.319 e. The topological polar surface area (TPSA) is 88.2 Å². The molecule has 162 valence electrons. The molecule has 2 heterocycles. The maximum atomic E-state index is 14.4. The molecule has 0 radical (unpaired) electrons. The van der Waals surface area contributed by atoms with Crippen molar-refractivity contribution in [1.82, 2.24) is 20.0 Å². The van der Waals surface area contributed by atoms with Gasteiger partial charge in [0.05, 0.1) is 0 Å². The molecule has 3 aromatic rings. The lowest BCUT2D eigenvalue weighted by molar-refractivity contribution is 0.249. The van der Waals surface area contributed by atoms with Gasteiger partial charge in [-0.05, 0) is 38.1 Å². The van der Waals surface area contributed by atoms with Gasteiger partial charge in [0.1, 0.15) is 28.7 Å². The average molecular weight is 426 g/mol. The Morgan fingerprint density at radius 2 is 1.84 bits per heavy atom. The van der Waals surface area contributed by atoms with Crippen LogP contribution in [0.5, 0.6) is 0 Å². The fourth-order valence-electron chi connectivity index (χ4n) is 3.68. The van der Waals surface area contributed by atoms with E-state index >= 15 is 0 Å². The highest BCUT2D eigenvalue weighted by Gasteiger charge is 2.22. The number of nitrogens with one attached hydrogen (secondary N) is 2. The van der Waals surface area contributed by atoms with Crippen molar-refractivity contribution >= 4 is 17.5 Å². The number of nitrogens with two attached hydrogens (primary N) is 1. The molecule has 4 N–H and O–H groups in total. The Morgan fingerprint density at radius 1 is 1.10 bits per heavy atom. The first-order valence-corrected chi connectivity index (χ1v) is 10.2. The van der Waals surface area contributed by atoms with Crippen molar-refractivity contribution in [2.24, 2.45) is 0 Å². The molecule has 2 amide bonds. The normalized spacial score (nSPS) is 14.0. The Bertz CT molecular complexity index is 1060. The molecule has 9 heteroatoms. The van der Waals surface area contributed by atoms with Gasteiger partial charge in [0.15, 0.2) is 5.82 Å². The number of carbonyl (C=O) groups is 1. The van der Waals surface area contributed by atoms with Crippen molar-refractivity contribution in [3.05, 3.63) is 60.2 Å². The van der Waals surface area contributed by atoms with E-state index in [0.717, 1.165) is 42.5 Å². The second-order valence-electron chi connectivity index (χ2n) is 7.41. The van der Waals surface area contributed by atoms with Crippen molar-refractivity contribution < 1.29 is 13.6 Å². The van der Waals surface area contributed by atoms with Crippen molar-refractivity contribution in [2.75, 3.05) is 37.2 Å². The summed E-state index contributed by atoms with van der Waals surface area (Å²) in [6.45, 7) is 3.34. The second-order valence-corrected chi connectivity index (χ2v) is 7.41. The maximum absolute atomic E-state index is 14.4. The molecule has 4 rings (SSSR count). The first-order chi connectivity index (χ1) is 15.0. The van der Waals surface area contributed by atoms with Crippen molar-refractivity contribution in [3.8, 4) is 16.9 Å². The lowest BCUT2D eigenvalue weighted by Gasteiger charge is -2.15. The fraction of sp³-hybridized carbons (Fsp3) is 0.273. The molecule has 0 bridgehead atoms. The Kier molecular flexibility index (Phi) is 6.13. The molecule has 31 heavy (non-hydrogen) atoms. The molecule has 1 aliphatic rings. The summed E-state index contributed by atoms with van der Waals surface area (Å²) in [5.74, 6) is -1.31. The van der Waals surface area contributed by atoms with Crippen LogP contribution in [-0.4, -0.2) is 46.9 Å². The molecule has 2 aromatic carbocycles. The third-order valence-corrected chi connectivity index (χ3v) is 5.26. The Hall–Kier alpha value is -3.46. The van der Waals surface area contributed by atoms with E-state index in [-0.39, 0.29) is 17.2 Å². The summed E-state index contributed by atoms with van der Waals surface area (Å²) in [6, 6.07) is 11.6. The number of likely N-dealkylation sites (tertiary alicyclic amines) is 1. The van der Waals surface area contributed by atoms with Crippen LogP contribution in [-0.2, 0) is 0 Å². The van der Waals surface area contributed by atoms with E-state index < -0.39 is 17.7 Å². The van der Waals surface area contributed by atoms with Gasteiger partial charge < -0.3 is 21.3 Å². The van der Waals surface area contributed by atoms with Gasteiger partial charge in [-0.3, -0.25) is 0 Å². The molecule has 0 saturated carbocycles. The lowest BCUT2D eigenvalue weighted by Crippen LogP contribution is -2.36. The quantitative estimate of drug-likeness (QED) is 0.562. The number of hydrogen-bond donors (Lipinski definition) is 3. The standard InChI is InChI=1S/C22H24F2N6O/c23-16-8-9-17(24)18(14-16)30-21(25)20(19(28-30)15-6-2-1-3-7-15)27-22(31)26-10-13-29-11-4-5-12-29/h1-3,6-9,14H,4-5,10-13,25H2,(H2,26,27,31). The molecule has 7 nitrogen and oxygen atoms in total. The summed E-state index contributed by atoms with van der Waals surface area (Å²) in [6.07, 6.45) is 2.36. The molecule has 1 fully saturated rings. The van der Waals surface area contributed by atoms with E-state index in [1.807, 2.05) is 18.2 Å². The van der Waals surface area contributed by atoms with E-state index in [1.54, 1.807) is 12.1 Å². The SMILES string of the molecule is Nc1c(NC(=O)NCCN2CCCC2)c(-c2ccccc2)nn1-c1cc(F)ccc1F. The summed E-state index contributed by atoms with van der Waals surface area (Å²) >= 11 is 0. The van der Waals surface area contributed by atoms with Gasteiger partial charge in [0, 0.05) is 24.7 Å². The predicted octanol–water partition coefficient (Wildman–Crippen LogP) is 3.62. The van der Waals surface area contributed by atoms with E-state index in [0.29, 0.717) is 17.8 Å². The lowest BCUT2D eigenvalue weighted by atomic mass is 10.1. The molecule has 1 aliphatic heterocycles. The van der Waals surface area contributed by atoms with Crippen LogP contribution in [0.3, 0.4) is 0 Å². The van der Waals surface area contributed by atoms with Gasteiger partial charge in [-0.1, -0.05) is 30.3 Å². The van der Waals surface area contributed by atoms with Crippen molar-refractivity contribution in [3.63, 3.8) is 0 Å². The monoisotopic (exact) mass is 426 g/mol. The predicted molar refractivity (Wildman–Crippen MR) is 116 cm³/mol. The summed E-state index contributed by atoms with van der Waals surface area (Å²) in [5, 5.41) is 9.93. The van der Waals surface area contributed by atoms with Crippen LogP contribution in [0, 0.1) is 11.6 Å². The van der Waals surface area contributed by atoms with Crippen LogP contribution in [0.2, 0.25) is 0 Å². The highest BCUT2D eigenvalue weighted by Crippen LogP contribution is 2.34. The van der Waals surface area contributed by atoms with Crippen molar-refractivity contribution in [1.29, 1.82) is 0 Å². The number of carbonyl (C=O) groups excluding carboxylic acids is 1. The number of nitrogens with zero attached hydrogens (tertiary/aromatic N) is 3. The van der Waals surface area contributed by atoms with Crippen LogP contribution in [0.1, 0.15) is 12.8 Å².